The molecule has 0 saturated carbocycles. The van der Waals surface area contributed by atoms with Crippen LogP contribution in [0, 0.1) is 6.92 Å². The number of nitrogens with zero attached hydrogens (tertiary/aromatic N) is 2. The summed E-state index contributed by atoms with van der Waals surface area (Å²) in [5.41, 5.74) is 1.62. The number of sulfonamides is 1. The van der Waals surface area contributed by atoms with Crippen molar-refractivity contribution in [1.82, 2.24) is 10.2 Å². The molecular formula is C29H33Cl2N3O4S. The first-order chi connectivity index (χ1) is 18.5. The molecule has 0 aliphatic heterocycles. The summed E-state index contributed by atoms with van der Waals surface area (Å²) >= 11 is 12.3. The average molecular weight is 591 g/mol. The molecule has 0 aliphatic carbocycles. The minimum Gasteiger partial charge on any atom is -0.354 e. The number of rotatable bonds is 12. The Labute approximate surface area is 240 Å². The molecule has 7 nitrogen and oxygen atoms in total. The summed E-state index contributed by atoms with van der Waals surface area (Å²) in [7, 11) is -4.14. The molecule has 1 atom stereocenters. The van der Waals surface area contributed by atoms with Crippen LogP contribution in [0.4, 0.5) is 5.69 Å². The van der Waals surface area contributed by atoms with Crippen LogP contribution in [0.5, 0.6) is 0 Å². The molecule has 39 heavy (non-hydrogen) atoms. The summed E-state index contributed by atoms with van der Waals surface area (Å²) in [6, 6.07) is 18.8. The van der Waals surface area contributed by atoms with Crippen molar-refractivity contribution in [3.05, 3.63) is 94.0 Å². The molecule has 0 radical (unpaired) electrons. The molecule has 0 heterocycles. The second-order valence-corrected chi connectivity index (χ2v) is 12.0. The van der Waals surface area contributed by atoms with Crippen LogP contribution < -0.4 is 9.62 Å². The van der Waals surface area contributed by atoms with Gasteiger partial charge in [0.2, 0.25) is 11.8 Å². The van der Waals surface area contributed by atoms with E-state index in [1.54, 1.807) is 74.5 Å². The highest BCUT2D eigenvalue weighted by Crippen LogP contribution is 2.29. The molecule has 3 rings (SSSR count). The summed E-state index contributed by atoms with van der Waals surface area (Å²) in [5.74, 6) is -0.860. The first-order valence-electron chi connectivity index (χ1n) is 12.7. The number of nitrogens with one attached hydrogen (secondary N) is 1. The molecule has 0 fully saturated rings. The van der Waals surface area contributed by atoms with Gasteiger partial charge in [0, 0.05) is 23.1 Å². The smallest absolute Gasteiger partial charge is 0.264 e. The molecule has 10 heteroatoms. The van der Waals surface area contributed by atoms with Crippen LogP contribution in [0.1, 0.15) is 37.8 Å². The number of hydrogen-bond acceptors (Lipinski definition) is 4. The van der Waals surface area contributed by atoms with Gasteiger partial charge < -0.3 is 10.2 Å². The van der Waals surface area contributed by atoms with E-state index in [4.69, 9.17) is 23.2 Å². The van der Waals surface area contributed by atoms with E-state index in [0.717, 1.165) is 17.1 Å². The van der Waals surface area contributed by atoms with Crippen LogP contribution in [-0.2, 0) is 26.2 Å². The Morgan fingerprint density at radius 3 is 2.28 bits per heavy atom. The van der Waals surface area contributed by atoms with Crippen LogP contribution in [0.3, 0.4) is 0 Å². The van der Waals surface area contributed by atoms with E-state index < -0.39 is 28.5 Å². The zero-order chi connectivity index (χ0) is 28.6. The fraction of sp³-hybridized carbons (Fsp3) is 0.310. The number of aryl methyl sites for hydroxylation is 1. The molecule has 3 aromatic carbocycles. The number of hydrogen-bond donors (Lipinski definition) is 1. The molecule has 208 valence electrons. The van der Waals surface area contributed by atoms with Gasteiger partial charge in [0.25, 0.3) is 10.0 Å². The zero-order valence-corrected chi connectivity index (χ0v) is 24.6. The van der Waals surface area contributed by atoms with E-state index in [0.29, 0.717) is 33.4 Å². The molecule has 3 aromatic rings. The van der Waals surface area contributed by atoms with Crippen LogP contribution >= 0.6 is 23.2 Å². The molecule has 0 bridgehead atoms. The van der Waals surface area contributed by atoms with Crippen molar-refractivity contribution in [2.24, 2.45) is 0 Å². The van der Waals surface area contributed by atoms with Crippen LogP contribution in [0.2, 0.25) is 10.0 Å². The predicted octanol–water partition coefficient (Wildman–Crippen LogP) is 5.83. The second-order valence-electron chi connectivity index (χ2n) is 9.23. The highest BCUT2D eigenvalue weighted by molar-refractivity contribution is 7.92. The fourth-order valence-electron chi connectivity index (χ4n) is 4.08. The quantitative estimate of drug-likeness (QED) is 0.269. The zero-order valence-electron chi connectivity index (χ0n) is 22.2. The van der Waals surface area contributed by atoms with Crippen LogP contribution in [-0.4, -0.2) is 44.3 Å². The van der Waals surface area contributed by atoms with Gasteiger partial charge in [0.15, 0.2) is 0 Å². The van der Waals surface area contributed by atoms with Crippen molar-refractivity contribution in [3.8, 4) is 0 Å². The molecular weight excluding hydrogens is 557 g/mol. The molecule has 0 spiro atoms. The van der Waals surface area contributed by atoms with Gasteiger partial charge >= 0.3 is 0 Å². The summed E-state index contributed by atoms with van der Waals surface area (Å²) in [5, 5.41) is 3.80. The van der Waals surface area contributed by atoms with Gasteiger partial charge in [-0.1, -0.05) is 66.9 Å². The topological polar surface area (TPSA) is 86.8 Å². The highest BCUT2D eigenvalue weighted by Gasteiger charge is 2.33. The van der Waals surface area contributed by atoms with Gasteiger partial charge in [0.1, 0.15) is 12.6 Å². The van der Waals surface area contributed by atoms with Gasteiger partial charge in [-0.05, 0) is 73.9 Å². The molecule has 0 aromatic heterocycles. The van der Waals surface area contributed by atoms with Gasteiger partial charge in [-0.2, -0.15) is 0 Å². The van der Waals surface area contributed by atoms with Gasteiger partial charge in [-0.15, -0.1) is 0 Å². The number of halogens is 2. The van der Waals surface area contributed by atoms with Crippen molar-refractivity contribution in [1.29, 1.82) is 0 Å². The van der Waals surface area contributed by atoms with E-state index in [-0.39, 0.29) is 17.3 Å². The van der Waals surface area contributed by atoms with Crippen molar-refractivity contribution >= 4 is 50.7 Å². The van der Waals surface area contributed by atoms with Gasteiger partial charge in [0.05, 0.1) is 10.6 Å². The summed E-state index contributed by atoms with van der Waals surface area (Å²) < 4.78 is 28.7. The maximum atomic E-state index is 13.9. The third kappa shape index (κ3) is 7.97. The monoisotopic (exact) mass is 589 g/mol. The molecule has 1 unspecified atom stereocenters. The minimum atomic E-state index is -4.14. The first kappa shape index (κ1) is 30.5. The largest absolute Gasteiger partial charge is 0.354 e. The Bertz CT molecular complexity index is 1400. The van der Waals surface area contributed by atoms with Crippen LogP contribution in [0.25, 0.3) is 0 Å². The number of amides is 2. The predicted molar refractivity (Wildman–Crippen MR) is 157 cm³/mol. The van der Waals surface area contributed by atoms with E-state index in [1.807, 2.05) is 6.92 Å². The summed E-state index contributed by atoms with van der Waals surface area (Å²) in [4.78, 5) is 28.4. The number of anilines is 1. The second kappa shape index (κ2) is 13.8. The Morgan fingerprint density at radius 1 is 0.949 bits per heavy atom. The summed E-state index contributed by atoms with van der Waals surface area (Å²) in [6.07, 6.45) is 1.71. The Balaban J connectivity index is 2.02. The van der Waals surface area contributed by atoms with Crippen molar-refractivity contribution in [2.45, 2.75) is 51.1 Å². The van der Waals surface area contributed by atoms with Crippen molar-refractivity contribution in [2.75, 3.05) is 17.4 Å². The van der Waals surface area contributed by atoms with E-state index in [9.17, 15) is 18.0 Å². The molecule has 0 aliphatic rings. The lowest BCUT2D eigenvalue weighted by Gasteiger charge is -2.32. The average Bonchev–Trinajstić information content (AvgIpc) is 2.91. The first-order valence-corrected chi connectivity index (χ1v) is 14.9. The Morgan fingerprint density at radius 2 is 1.64 bits per heavy atom. The lowest BCUT2D eigenvalue weighted by molar-refractivity contribution is -0.139. The highest BCUT2D eigenvalue weighted by atomic mass is 35.5. The minimum absolute atomic E-state index is 0.0406. The number of benzene rings is 3. The summed E-state index contributed by atoms with van der Waals surface area (Å²) in [6.45, 7) is 5.41. The van der Waals surface area contributed by atoms with E-state index in [1.165, 1.54) is 17.0 Å². The van der Waals surface area contributed by atoms with Crippen molar-refractivity contribution in [3.63, 3.8) is 0 Å². The van der Waals surface area contributed by atoms with Crippen molar-refractivity contribution < 1.29 is 18.0 Å². The number of carbonyl (C=O) groups is 2. The van der Waals surface area contributed by atoms with E-state index >= 15 is 0 Å². The maximum Gasteiger partial charge on any atom is 0.264 e. The molecule has 2 amide bonds. The molecule has 0 saturated heterocycles. The Kier molecular flexibility index (Phi) is 10.8. The van der Waals surface area contributed by atoms with Gasteiger partial charge in [-0.25, -0.2) is 8.42 Å². The number of unbranched alkanes of at least 4 members (excludes halogenated alkanes) is 1. The fourth-order valence-corrected chi connectivity index (χ4v) is 6.02. The molecule has 1 N–H and O–H groups in total. The lowest BCUT2D eigenvalue weighted by atomic mass is 10.1. The van der Waals surface area contributed by atoms with E-state index in [2.05, 4.69) is 5.32 Å². The van der Waals surface area contributed by atoms with Crippen LogP contribution in [0.15, 0.2) is 77.7 Å². The maximum absolute atomic E-state index is 13.9. The Hall–Kier alpha value is -3.07. The number of carbonyl (C=O) groups excluding carboxylic acids is 2. The van der Waals surface area contributed by atoms with Gasteiger partial charge in [-0.3, -0.25) is 13.9 Å². The standard InChI is InChI=1S/C29H33Cl2N3O4S/c1-4-5-16-32-29(36)22(3)33(19-23-10-9-11-24(30)18-23)28(35)20-34(27-15-14-25(31)17-21(27)2)39(37,38)26-12-7-6-8-13-26/h6-15,17-18,22H,4-5,16,19-20H2,1-3H3,(H,32,36). The normalized spacial score (nSPS) is 12.0. The third-order valence-corrected chi connectivity index (χ3v) is 8.52. The lowest BCUT2D eigenvalue weighted by Crippen LogP contribution is -2.51. The SMILES string of the molecule is CCCCNC(=O)C(C)N(Cc1cccc(Cl)c1)C(=O)CN(c1ccc(Cl)cc1C)S(=O)(=O)c1ccccc1. The third-order valence-electron chi connectivity index (χ3n) is 6.28.